The Morgan fingerprint density at radius 1 is 1.17 bits per heavy atom. The first-order chi connectivity index (χ1) is 11.4. The van der Waals surface area contributed by atoms with Gasteiger partial charge in [-0.25, -0.2) is 4.98 Å². The Bertz CT molecular complexity index is 771. The van der Waals surface area contributed by atoms with Crippen LogP contribution in [0, 0.1) is 0 Å². The zero-order valence-corrected chi connectivity index (χ0v) is 12.9. The molecule has 4 heterocycles. The molecule has 5 heteroatoms. The first-order valence-corrected chi connectivity index (χ1v) is 8.08. The van der Waals surface area contributed by atoms with E-state index in [-0.39, 0.29) is 6.10 Å². The molecular formula is C18H20N4O. The number of pyridine rings is 2. The molecule has 2 atom stereocenters. The van der Waals surface area contributed by atoms with Crippen LogP contribution in [-0.4, -0.2) is 27.0 Å². The van der Waals surface area contributed by atoms with Gasteiger partial charge in [0.25, 0.3) is 0 Å². The van der Waals surface area contributed by atoms with E-state index in [1.54, 1.807) is 0 Å². The van der Waals surface area contributed by atoms with Gasteiger partial charge in [-0.1, -0.05) is 6.07 Å². The van der Waals surface area contributed by atoms with Crippen LogP contribution in [0.15, 0.2) is 55.1 Å². The highest BCUT2D eigenvalue weighted by Crippen LogP contribution is 2.28. The van der Waals surface area contributed by atoms with Crippen LogP contribution in [0.1, 0.15) is 30.2 Å². The van der Waals surface area contributed by atoms with Gasteiger partial charge in [-0.05, 0) is 42.7 Å². The second-order valence-corrected chi connectivity index (χ2v) is 5.87. The smallest absolute Gasteiger partial charge is 0.136 e. The number of nitrogens with one attached hydrogen (secondary N) is 1. The zero-order valence-electron chi connectivity index (χ0n) is 12.9. The molecule has 0 spiro atoms. The molecule has 118 valence electrons. The van der Waals surface area contributed by atoms with E-state index in [1.165, 1.54) is 11.3 Å². The Labute approximate surface area is 135 Å². The molecule has 1 aliphatic heterocycles. The van der Waals surface area contributed by atoms with Gasteiger partial charge in [0.15, 0.2) is 0 Å². The van der Waals surface area contributed by atoms with E-state index in [1.807, 2.05) is 43.0 Å². The van der Waals surface area contributed by atoms with Crippen molar-refractivity contribution in [1.29, 1.82) is 0 Å². The normalized spacial score (nSPS) is 21.6. The van der Waals surface area contributed by atoms with Gasteiger partial charge in [-0.2, -0.15) is 0 Å². The average molecular weight is 308 g/mol. The summed E-state index contributed by atoms with van der Waals surface area (Å²) in [7, 11) is 0. The molecule has 3 aromatic rings. The minimum Gasteiger partial charge on any atom is -0.372 e. The molecule has 0 amide bonds. The number of fused-ring (bicyclic) bond motifs is 1. The molecule has 1 N–H and O–H groups in total. The standard InChI is InChI=1S/C18H20N4O/c1-3-15(22-11-10-20-17(22)5-1)13-21-16-4-2-12-23-18(16)14-6-8-19-9-7-14/h1,3,5-11,16,18,21H,2,4,12-13H2/t16-,18+/m0/s1. The maximum Gasteiger partial charge on any atom is 0.136 e. The minimum absolute atomic E-state index is 0.0914. The average Bonchev–Trinajstić information content (AvgIpc) is 3.10. The molecule has 0 saturated carbocycles. The summed E-state index contributed by atoms with van der Waals surface area (Å²) in [5, 5.41) is 3.67. The Hall–Kier alpha value is -2.24. The monoisotopic (exact) mass is 308 g/mol. The van der Waals surface area contributed by atoms with Crippen LogP contribution >= 0.6 is 0 Å². The molecule has 0 aliphatic carbocycles. The van der Waals surface area contributed by atoms with Crippen molar-refractivity contribution in [2.45, 2.75) is 31.5 Å². The van der Waals surface area contributed by atoms with E-state index in [4.69, 9.17) is 4.74 Å². The summed E-state index contributed by atoms with van der Waals surface area (Å²) >= 11 is 0. The van der Waals surface area contributed by atoms with Crippen molar-refractivity contribution in [3.05, 3.63) is 66.4 Å². The molecule has 23 heavy (non-hydrogen) atoms. The van der Waals surface area contributed by atoms with Gasteiger partial charge in [-0.15, -0.1) is 0 Å². The van der Waals surface area contributed by atoms with Gasteiger partial charge in [0.05, 0.1) is 6.10 Å². The highest BCUT2D eigenvalue weighted by atomic mass is 16.5. The van der Waals surface area contributed by atoms with Crippen molar-refractivity contribution in [2.24, 2.45) is 0 Å². The quantitative estimate of drug-likeness (QED) is 0.805. The molecule has 5 nitrogen and oxygen atoms in total. The lowest BCUT2D eigenvalue weighted by molar-refractivity contribution is -0.0113. The van der Waals surface area contributed by atoms with Gasteiger partial charge < -0.3 is 14.5 Å². The van der Waals surface area contributed by atoms with Gasteiger partial charge >= 0.3 is 0 Å². The maximum absolute atomic E-state index is 6.03. The maximum atomic E-state index is 6.03. The fraction of sp³-hybridized carbons (Fsp3) is 0.333. The molecule has 1 aliphatic rings. The predicted octanol–water partition coefficient (Wildman–Crippen LogP) is 2.74. The van der Waals surface area contributed by atoms with Gasteiger partial charge in [0, 0.05) is 49.7 Å². The highest BCUT2D eigenvalue weighted by Gasteiger charge is 2.27. The molecule has 0 bridgehead atoms. The van der Waals surface area contributed by atoms with Crippen LogP contribution in [0.3, 0.4) is 0 Å². The van der Waals surface area contributed by atoms with Crippen LogP contribution in [-0.2, 0) is 11.3 Å². The van der Waals surface area contributed by atoms with Crippen LogP contribution in [0.25, 0.3) is 5.65 Å². The molecular weight excluding hydrogens is 288 g/mol. The van der Waals surface area contributed by atoms with Crippen molar-refractivity contribution < 1.29 is 4.74 Å². The number of nitrogens with zero attached hydrogens (tertiary/aromatic N) is 3. The van der Waals surface area contributed by atoms with E-state index in [0.29, 0.717) is 6.04 Å². The summed E-state index contributed by atoms with van der Waals surface area (Å²) in [5.74, 6) is 0. The van der Waals surface area contributed by atoms with Crippen LogP contribution < -0.4 is 5.32 Å². The van der Waals surface area contributed by atoms with E-state index < -0.39 is 0 Å². The van der Waals surface area contributed by atoms with Gasteiger partial charge in [0.2, 0.25) is 0 Å². The highest BCUT2D eigenvalue weighted by molar-refractivity contribution is 5.39. The van der Waals surface area contributed by atoms with Crippen molar-refractivity contribution in [3.8, 4) is 0 Å². The minimum atomic E-state index is 0.0914. The van der Waals surface area contributed by atoms with Gasteiger partial charge in [-0.3, -0.25) is 4.98 Å². The second-order valence-electron chi connectivity index (χ2n) is 5.87. The lowest BCUT2D eigenvalue weighted by Crippen LogP contribution is -2.39. The van der Waals surface area contributed by atoms with E-state index >= 15 is 0 Å². The summed E-state index contributed by atoms with van der Waals surface area (Å²) < 4.78 is 8.15. The fourth-order valence-electron chi connectivity index (χ4n) is 3.26. The Morgan fingerprint density at radius 3 is 3.00 bits per heavy atom. The topological polar surface area (TPSA) is 51.5 Å². The molecule has 1 fully saturated rings. The van der Waals surface area contributed by atoms with Crippen molar-refractivity contribution in [2.75, 3.05) is 6.61 Å². The lowest BCUT2D eigenvalue weighted by atomic mass is 9.96. The number of ether oxygens (including phenoxy) is 1. The number of aromatic nitrogens is 3. The second kappa shape index (κ2) is 6.48. The largest absolute Gasteiger partial charge is 0.372 e. The third-order valence-corrected chi connectivity index (χ3v) is 4.42. The SMILES string of the molecule is c1cc(CN[C@H]2CCCO[C@@H]2c2ccncc2)n2ccnc2c1. The number of hydrogen-bond acceptors (Lipinski definition) is 4. The predicted molar refractivity (Wildman–Crippen MR) is 88.0 cm³/mol. The Balaban J connectivity index is 1.51. The number of hydrogen-bond donors (Lipinski definition) is 1. The summed E-state index contributed by atoms with van der Waals surface area (Å²) in [4.78, 5) is 8.44. The summed E-state index contributed by atoms with van der Waals surface area (Å²) in [6, 6.07) is 10.6. The summed E-state index contributed by atoms with van der Waals surface area (Å²) in [6.45, 7) is 1.62. The molecule has 0 aromatic carbocycles. The van der Waals surface area contributed by atoms with E-state index in [9.17, 15) is 0 Å². The first-order valence-electron chi connectivity index (χ1n) is 8.08. The molecule has 1 saturated heterocycles. The van der Waals surface area contributed by atoms with Crippen molar-refractivity contribution in [1.82, 2.24) is 19.7 Å². The van der Waals surface area contributed by atoms with E-state index in [2.05, 4.69) is 31.8 Å². The van der Waals surface area contributed by atoms with Gasteiger partial charge in [0.1, 0.15) is 5.65 Å². The Morgan fingerprint density at radius 2 is 2.09 bits per heavy atom. The fourth-order valence-corrected chi connectivity index (χ4v) is 3.26. The van der Waals surface area contributed by atoms with Crippen LogP contribution in [0.2, 0.25) is 0 Å². The Kier molecular flexibility index (Phi) is 4.05. The van der Waals surface area contributed by atoms with Crippen molar-refractivity contribution >= 4 is 5.65 Å². The number of imidazole rings is 1. The molecule has 0 unspecified atom stereocenters. The van der Waals surface area contributed by atoms with Crippen LogP contribution in [0.4, 0.5) is 0 Å². The first kappa shape index (κ1) is 14.4. The summed E-state index contributed by atoms with van der Waals surface area (Å²) in [5.41, 5.74) is 3.38. The lowest BCUT2D eigenvalue weighted by Gasteiger charge is -2.33. The third-order valence-electron chi connectivity index (χ3n) is 4.42. The third kappa shape index (κ3) is 2.98. The molecule has 0 radical (unpaired) electrons. The summed E-state index contributed by atoms with van der Waals surface area (Å²) in [6.07, 6.45) is 9.80. The van der Waals surface area contributed by atoms with Crippen LogP contribution in [0.5, 0.6) is 0 Å². The van der Waals surface area contributed by atoms with E-state index in [0.717, 1.165) is 31.6 Å². The number of rotatable bonds is 4. The molecule has 3 aromatic heterocycles. The molecule has 4 rings (SSSR count). The van der Waals surface area contributed by atoms with Crippen molar-refractivity contribution in [3.63, 3.8) is 0 Å². The zero-order chi connectivity index (χ0) is 15.5.